The standard InChI is InChI=1S/C33H37N3O5S/c1-42(2,3)20-19-40-33(39)30-25(21-36-32(38)27-11-7-8-12-29(27)34-35-36)15-18-28(30)31(37)24-13-16-26(17-14-24)41-22-23-9-5-4-6-10-23/h4-14,16-17,25,28,30H,15,18-22H2,1-3H3/t25-,28-,30-/m0/s1. The molecule has 4 aromatic rings. The number of ketones is 1. The van der Waals surface area contributed by atoms with Gasteiger partial charge < -0.3 is 9.47 Å². The molecule has 1 aliphatic carbocycles. The van der Waals surface area contributed by atoms with Crippen molar-refractivity contribution in [1.29, 1.82) is 0 Å². The van der Waals surface area contributed by atoms with Gasteiger partial charge in [-0.1, -0.05) is 47.7 Å². The molecule has 0 spiro atoms. The summed E-state index contributed by atoms with van der Waals surface area (Å²) in [6, 6.07) is 24.0. The summed E-state index contributed by atoms with van der Waals surface area (Å²) < 4.78 is 13.0. The molecule has 1 fully saturated rings. The minimum atomic E-state index is -0.851. The number of carbonyl (C=O) groups is 2. The van der Waals surface area contributed by atoms with Gasteiger partial charge >= 0.3 is 5.97 Å². The Balaban J connectivity index is 1.34. The Labute approximate surface area is 247 Å². The molecule has 0 saturated heterocycles. The third kappa shape index (κ3) is 7.07. The molecule has 5 rings (SSSR count). The lowest BCUT2D eigenvalue weighted by Crippen LogP contribution is -2.36. The molecular formula is C33H37N3O5S. The first-order valence-electron chi connectivity index (χ1n) is 14.2. The van der Waals surface area contributed by atoms with Crippen molar-refractivity contribution in [2.24, 2.45) is 17.8 Å². The van der Waals surface area contributed by atoms with Crippen LogP contribution >= 0.6 is 10.0 Å². The van der Waals surface area contributed by atoms with Gasteiger partial charge in [0.2, 0.25) is 0 Å². The minimum absolute atomic E-state index is 0.104. The fourth-order valence-corrected chi connectivity index (χ4v) is 6.04. The van der Waals surface area contributed by atoms with E-state index in [-0.39, 0.29) is 29.8 Å². The van der Waals surface area contributed by atoms with Gasteiger partial charge in [0.15, 0.2) is 5.78 Å². The monoisotopic (exact) mass is 587 g/mol. The predicted octanol–water partition coefficient (Wildman–Crippen LogP) is 5.13. The van der Waals surface area contributed by atoms with Crippen LogP contribution in [0.1, 0.15) is 28.8 Å². The fourth-order valence-electron chi connectivity index (χ4n) is 5.46. The highest BCUT2D eigenvalue weighted by Gasteiger charge is 2.46. The summed E-state index contributed by atoms with van der Waals surface area (Å²) in [5, 5.41) is 8.81. The number of fused-ring (bicyclic) bond motifs is 1. The average Bonchev–Trinajstić information content (AvgIpc) is 3.41. The lowest BCUT2D eigenvalue weighted by atomic mass is 9.84. The van der Waals surface area contributed by atoms with Gasteiger partial charge in [-0.2, -0.15) is 0 Å². The van der Waals surface area contributed by atoms with Crippen LogP contribution in [0.5, 0.6) is 5.75 Å². The zero-order valence-corrected chi connectivity index (χ0v) is 25.1. The molecule has 3 atom stereocenters. The summed E-state index contributed by atoms with van der Waals surface area (Å²) in [6.45, 7) is 0.932. The van der Waals surface area contributed by atoms with E-state index >= 15 is 0 Å². The number of hydrogen-bond acceptors (Lipinski definition) is 7. The summed E-state index contributed by atoms with van der Waals surface area (Å²) in [4.78, 5) is 40.5. The van der Waals surface area contributed by atoms with Gasteiger partial charge in [0.25, 0.3) is 5.56 Å². The van der Waals surface area contributed by atoms with E-state index in [1.165, 1.54) is 4.68 Å². The highest BCUT2D eigenvalue weighted by atomic mass is 32.3. The lowest BCUT2D eigenvalue weighted by Gasteiger charge is -2.26. The summed E-state index contributed by atoms with van der Waals surface area (Å²) in [7, 11) is -0.851. The van der Waals surface area contributed by atoms with Crippen molar-refractivity contribution >= 4 is 32.7 Å². The van der Waals surface area contributed by atoms with Gasteiger partial charge in [-0.15, -0.1) is 5.10 Å². The van der Waals surface area contributed by atoms with Gasteiger partial charge in [0.1, 0.15) is 17.9 Å². The topological polar surface area (TPSA) is 100 Å². The SMILES string of the molecule is CS(C)(C)CCOC(=O)[C@H]1[C@H](Cn2nnc3ccccc3c2=O)CC[C@@H]1C(=O)c1ccc(OCc2ccccc2)cc1. The van der Waals surface area contributed by atoms with E-state index in [1.54, 1.807) is 48.5 Å². The molecule has 0 radical (unpaired) electrons. The summed E-state index contributed by atoms with van der Waals surface area (Å²) in [6.07, 6.45) is 7.63. The molecule has 8 nitrogen and oxygen atoms in total. The maximum atomic E-state index is 13.8. The van der Waals surface area contributed by atoms with Crippen molar-refractivity contribution in [3.63, 3.8) is 0 Å². The van der Waals surface area contributed by atoms with Crippen LogP contribution in [0.15, 0.2) is 83.7 Å². The third-order valence-corrected chi connectivity index (χ3v) is 9.15. The first-order chi connectivity index (χ1) is 20.2. The number of esters is 1. The van der Waals surface area contributed by atoms with Crippen molar-refractivity contribution in [3.05, 3.63) is 100 Å². The summed E-state index contributed by atoms with van der Waals surface area (Å²) >= 11 is 0. The number of ether oxygens (including phenoxy) is 2. The number of hydrogen-bond donors (Lipinski definition) is 0. The van der Waals surface area contributed by atoms with Crippen molar-refractivity contribution in [3.8, 4) is 5.75 Å². The van der Waals surface area contributed by atoms with Crippen LogP contribution in [0.4, 0.5) is 0 Å². The molecule has 1 aliphatic rings. The number of benzene rings is 3. The predicted molar refractivity (Wildman–Crippen MR) is 166 cm³/mol. The van der Waals surface area contributed by atoms with Gasteiger partial charge in [0, 0.05) is 17.2 Å². The Morgan fingerprint density at radius 1 is 0.929 bits per heavy atom. The van der Waals surface area contributed by atoms with Crippen LogP contribution in [0, 0.1) is 17.8 Å². The Hall–Kier alpha value is -3.98. The zero-order chi connectivity index (χ0) is 29.7. The molecule has 42 heavy (non-hydrogen) atoms. The molecule has 0 bridgehead atoms. The maximum Gasteiger partial charge on any atom is 0.310 e. The first-order valence-corrected chi connectivity index (χ1v) is 17.2. The Morgan fingerprint density at radius 3 is 2.38 bits per heavy atom. The molecular weight excluding hydrogens is 550 g/mol. The maximum absolute atomic E-state index is 13.8. The van der Waals surface area contributed by atoms with Crippen LogP contribution in [0.3, 0.4) is 0 Å². The normalized spacial score (nSPS) is 19.0. The van der Waals surface area contributed by atoms with Crippen LogP contribution in [0.25, 0.3) is 10.9 Å². The number of carbonyl (C=O) groups excluding carboxylic acids is 2. The second kappa shape index (κ2) is 12.9. The highest BCUT2D eigenvalue weighted by molar-refractivity contribution is 8.32. The number of nitrogens with zero attached hydrogens (tertiary/aromatic N) is 3. The van der Waals surface area contributed by atoms with E-state index in [4.69, 9.17) is 9.47 Å². The summed E-state index contributed by atoms with van der Waals surface area (Å²) in [5.74, 6) is -0.554. The molecule has 0 aliphatic heterocycles. The summed E-state index contributed by atoms with van der Waals surface area (Å²) in [5.41, 5.74) is 1.84. The Morgan fingerprint density at radius 2 is 1.64 bits per heavy atom. The van der Waals surface area contributed by atoms with Crippen molar-refractivity contribution in [1.82, 2.24) is 15.0 Å². The Kier molecular flexibility index (Phi) is 9.06. The molecule has 1 heterocycles. The van der Waals surface area contributed by atoms with E-state index in [9.17, 15) is 14.4 Å². The van der Waals surface area contributed by atoms with Gasteiger partial charge in [-0.25, -0.2) is 14.7 Å². The van der Waals surface area contributed by atoms with E-state index in [0.29, 0.717) is 48.3 Å². The highest BCUT2D eigenvalue weighted by Crippen LogP contribution is 2.41. The van der Waals surface area contributed by atoms with Crippen LogP contribution in [0.2, 0.25) is 0 Å². The molecule has 3 aromatic carbocycles. The third-order valence-electron chi connectivity index (χ3n) is 7.76. The Bertz CT molecular complexity index is 1600. The second-order valence-electron chi connectivity index (χ2n) is 11.7. The quantitative estimate of drug-likeness (QED) is 0.177. The minimum Gasteiger partial charge on any atom is -0.489 e. The van der Waals surface area contributed by atoms with Gasteiger partial charge in [-0.3, -0.25) is 14.4 Å². The van der Waals surface area contributed by atoms with Crippen LogP contribution in [-0.2, 0) is 22.7 Å². The molecule has 1 saturated carbocycles. The van der Waals surface area contributed by atoms with E-state index in [1.807, 2.05) is 30.3 Å². The average molecular weight is 588 g/mol. The fraction of sp³-hybridized carbons (Fsp3) is 0.364. The molecule has 1 aromatic heterocycles. The van der Waals surface area contributed by atoms with Gasteiger partial charge in [-0.05, 0) is 79.5 Å². The van der Waals surface area contributed by atoms with Crippen molar-refractivity contribution in [2.45, 2.75) is 26.0 Å². The van der Waals surface area contributed by atoms with E-state index in [0.717, 1.165) is 11.3 Å². The van der Waals surface area contributed by atoms with Crippen LogP contribution < -0.4 is 10.3 Å². The molecule has 0 N–H and O–H groups in total. The largest absolute Gasteiger partial charge is 0.489 e. The lowest BCUT2D eigenvalue weighted by molar-refractivity contribution is -0.150. The molecule has 9 heteroatoms. The number of Topliss-reactive ketones (excluding diaryl/α,β-unsaturated/α-hetero) is 1. The number of aromatic nitrogens is 3. The smallest absolute Gasteiger partial charge is 0.310 e. The second-order valence-corrected chi connectivity index (χ2v) is 16.3. The molecule has 0 amide bonds. The zero-order valence-electron chi connectivity index (χ0n) is 24.3. The molecule has 220 valence electrons. The van der Waals surface area contributed by atoms with Gasteiger partial charge in [0.05, 0.1) is 24.5 Å². The van der Waals surface area contributed by atoms with Crippen molar-refractivity contribution < 1.29 is 19.1 Å². The van der Waals surface area contributed by atoms with E-state index in [2.05, 4.69) is 29.1 Å². The van der Waals surface area contributed by atoms with Crippen molar-refractivity contribution in [2.75, 3.05) is 31.1 Å². The van der Waals surface area contributed by atoms with Crippen LogP contribution in [-0.4, -0.2) is 57.9 Å². The first kappa shape index (κ1) is 29.5. The number of rotatable bonds is 11. The molecule has 0 unspecified atom stereocenters. The van der Waals surface area contributed by atoms with E-state index < -0.39 is 21.9 Å².